The van der Waals surface area contributed by atoms with E-state index < -0.39 is 0 Å². The van der Waals surface area contributed by atoms with Gasteiger partial charge in [0.1, 0.15) is 11.6 Å². The van der Waals surface area contributed by atoms with Crippen LogP contribution in [0.15, 0.2) is 24.3 Å². The summed E-state index contributed by atoms with van der Waals surface area (Å²) in [7, 11) is 0. The van der Waals surface area contributed by atoms with Crippen molar-refractivity contribution < 1.29 is 4.74 Å². The number of nitrogens with zero attached hydrogens (tertiary/aromatic N) is 3. The lowest BCUT2D eigenvalue weighted by atomic mass is 10.2. The highest BCUT2D eigenvalue weighted by Crippen LogP contribution is 2.24. The van der Waals surface area contributed by atoms with E-state index in [2.05, 4.69) is 24.0 Å². The van der Waals surface area contributed by atoms with Crippen molar-refractivity contribution in [1.29, 1.82) is 0 Å². The molecule has 1 heterocycles. The fourth-order valence-electron chi connectivity index (χ4n) is 1.77. The number of ether oxygens (including phenoxy) is 1. The third-order valence-electron chi connectivity index (χ3n) is 2.55. The van der Waals surface area contributed by atoms with Crippen LogP contribution in [0.3, 0.4) is 0 Å². The molecule has 96 valence electrons. The molecule has 1 aromatic heterocycles. The smallest absolute Gasteiger partial charge is 0.229 e. The van der Waals surface area contributed by atoms with Gasteiger partial charge in [-0.3, -0.25) is 4.57 Å². The van der Waals surface area contributed by atoms with Gasteiger partial charge in [0.25, 0.3) is 0 Å². The minimum absolute atomic E-state index is 0.251. The van der Waals surface area contributed by atoms with Gasteiger partial charge < -0.3 is 4.74 Å². The summed E-state index contributed by atoms with van der Waals surface area (Å²) in [6.07, 6.45) is 0. The molecule has 0 spiro atoms. The summed E-state index contributed by atoms with van der Waals surface area (Å²) in [5.41, 5.74) is 0.916. The largest absolute Gasteiger partial charge is 0.494 e. The van der Waals surface area contributed by atoms with Crippen LogP contribution in [0.1, 0.15) is 32.5 Å². The molecule has 0 fully saturated rings. The van der Waals surface area contributed by atoms with Gasteiger partial charge in [-0.15, -0.1) is 10.2 Å². The first-order valence-corrected chi connectivity index (χ1v) is 6.35. The Kier molecular flexibility index (Phi) is 3.87. The molecule has 0 atom stereocenters. The standard InChI is InChI=1S/C13H16ClN3O/c1-4-18-11-7-5-6-10(8-11)17-12(9(2)3)15-16-13(17)14/h5-9H,4H2,1-3H3. The molecule has 2 rings (SSSR count). The van der Waals surface area contributed by atoms with Crippen LogP contribution in [-0.4, -0.2) is 21.4 Å². The van der Waals surface area contributed by atoms with E-state index >= 15 is 0 Å². The number of benzene rings is 1. The first kappa shape index (κ1) is 12.9. The van der Waals surface area contributed by atoms with Crippen LogP contribution in [-0.2, 0) is 0 Å². The molecule has 5 heteroatoms. The summed E-state index contributed by atoms with van der Waals surface area (Å²) in [6.45, 7) is 6.71. The molecule has 0 bridgehead atoms. The maximum Gasteiger partial charge on any atom is 0.229 e. The van der Waals surface area contributed by atoms with Gasteiger partial charge in [-0.25, -0.2) is 0 Å². The van der Waals surface area contributed by atoms with Gasteiger partial charge in [0.05, 0.1) is 12.3 Å². The lowest BCUT2D eigenvalue weighted by Crippen LogP contribution is -2.03. The molecule has 0 aliphatic carbocycles. The molecule has 0 amide bonds. The second-order valence-corrected chi connectivity index (χ2v) is 4.59. The van der Waals surface area contributed by atoms with Crippen molar-refractivity contribution >= 4 is 11.6 Å². The topological polar surface area (TPSA) is 39.9 Å². The zero-order valence-electron chi connectivity index (χ0n) is 10.7. The third-order valence-corrected chi connectivity index (χ3v) is 2.80. The highest BCUT2D eigenvalue weighted by molar-refractivity contribution is 6.28. The maximum absolute atomic E-state index is 6.10. The number of halogens is 1. The summed E-state index contributed by atoms with van der Waals surface area (Å²) >= 11 is 6.10. The Morgan fingerprint density at radius 3 is 2.78 bits per heavy atom. The van der Waals surface area contributed by atoms with Crippen molar-refractivity contribution in [2.75, 3.05) is 6.61 Å². The molecule has 18 heavy (non-hydrogen) atoms. The van der Waals surface area contributed by atoms with E-state index in [1.807, 2.05) is 35.8 Å². The van der Waals surface area contributed by atoms with E-state index in [1.54, 1.807) is 0 Å². The molecule has 0 unspecified atom stereocenters. The molecule has 0 radical (unpaired) electrons. The van der Waals surface area contributed by atoms with Crippen LogP contribution in [0.25, 0.3) is 5.69 Å². The first-order valence-electron chi connectivity index (χ1n) is 5.97. The summed E-state index contributed by atoms with van der Waals surface area (Å²) in [4.78, 5) is 0. The van der Waals surface area contributed by atoms with Crippen LogP contribution >= 0.6 is 11.6 Å². The first-order chi connectivity index (χ1) is 8.63. The molecule has 0 saturated heterocycles. The van der Waals surface area contributed by atoms with Crippen LogP contribution in [0.4, 0.5) is 0 Å². The van der Waals surface area contributed by atoms with Crippen molar-refractivity contribution in [3.05, 3.63) is 35.4 Å². The minimum Gasteiger partial charge on any atom is -0.494 e. The predicted octanol–water partition coefficient (Wildman–Crippen LogP) is 3.44. The summed E-state index contributed by atoms with van der Waals surface area (Å²) in [6, 6.07) is 7.75. The Morgan fingerprint density at radius 2 is 2.11 bits per heavy atom. The second kappa shape index (κ2) is 5.40. The van der Waals surface area contributed by atoms with Crippen molar-refractivity contribution in [3.63, 3.8) is 0 Å². The number of hydrogen-bond donors (Lipinski definition) is 0. The van der Waals surface area contributed by atoms with Gasteiger partial charge in [0.15, 0.2) is 0 Å². The average Bonchev–Trinajstić information content (AvgIpc) is 2.72. The number of rotatable bonds is 4. The van der Waals surface area contributed by atoms with Crippen LogP contribution in [0.5, 0.6) is 5.75 Å². The highest BCUT2D eigenvalue weighted by Gasteiger charge is 2.15. The highest BCUT2D eigenvalue weighted by atomic mass is 35.5. The van der Waals surface area contributed by atoms with Crippen LogP contribution < -0.4 is 4.74 Å². The van der Waals surface area contributed by atoms with Gasteiger partial charge in [0.2, 0.25) is 5.28 Å². The van der Waals surface area contributed by atoms with Crippen molar-refractivity contribution in [3.8, 4) is 11.4 Å². The minimum atomic E-state index is 0.251. The molecule has 0 aliphatic heterocycles. The summed E-state index contributed by atoms with van der Waals surface area (Å²) < 4.78 is 7.33. The molecule has 0 aliphatic rings. The van der Waals surface area contributed by atoms with Crippen molar-refractivity contribution in [2.24, 2.45) is 0 Å². The maximum atomic E-state index is 6.10. The quantitative estimate of drug-likeness (QED) is 0.850. The zero-order valence-corrected chi connectivity index (χ0v) is 11.5. The van der Waals surface area contributed by atoms with Gasteiger partial charge in [-0.2, -0.15) is 0 Å². The molecule has 2 aromatic rings. The van der Waals surface area contributed by atoms with E-state index in [9.17, 15) is 0 Å². The van der Waals surface area contributed by atoms with Gasteiger partial charge in [-0.1, -0.05) is 19.9 Å². The second-order valence-electron chi connectivity index (χ2n) is 4.25. The normalized spacial score (nSPS) is 10.9. The fraction of sp³-hybridized carbons (Fsp3) is 0.385. The van der Waals surface area contributed by atoms with Crippen LogP contribution in [0.2, 0.25) is 5.28 Å². The Hall–Kier alpha value is -1.55. The fourth-order valence-corrected chi connectivity index (χ4v) is 1.99. The number of aromatic nitrogens is 3. The lowest BCUT2D eigenvalue weighted by molar-refractivity contribution is 0.340. The summed E-state index contributed by atoms with van der Waals surface area (Å²) in [5.74, 6) is 1.91. The predicted molar refractivity (Wildman–Crippen MR) is 71.6 cm³/mol. The van der Waals surface area contributed by atoms with Gasteiger partial charge in [0, 0.05) is 12.0 Å². The summed E-state index contributed by atoms with van der Waals surface area (Å²) in [5, 5.41) is 8.40. The Morgan fingerprint density at radius 1 is 1.33 bits per heavy atom. The molecular weight excluding hydrogens is 250 g/mol. The third kappa shape index (κ3) is 2.48. The van der Waals surface area contributed by atoms with E-state index in [4.69, 9.17) is 16.3 Å². The van der Waals surface area contributed by atoms with E-state index in [1.165, 1.54) is 0 Å². The molecular formula is C13H16ClN3O. The Labute approximate surface area is 112 Å². The van der Waals surface area contributed by atoms with Gasteiger partial charge in [-0.05, 0) is 30.7 Å². The zero-order chi connectivity index (χ0) is 13.1. The molecule has 0 saturated carbocycles. The van der Waals surface area contributed by atoms with Crippen molar-refractivity contribution in [2.45, 2.75) is 26.7 Å². The average molecular weight is 266 g/mol. The van der Waals surface area contributed by atoms with Crippen molar-refractivity contribution in [1.82, 2.24) is 14.8 Å². The monoisotopic (exact) mass is 265 g/mol. The van der Waals surface area contributed by atoms with E-state index in [0.717, 1.165) is 17.3 Å². The van der Waals surface area contributed by atoms with E-state index in [-0.39, 0.29) is 5.92 Å². The lowest BCUT2D eigenvalue weighted by Gasteiger charge is -2.11. The molecule has 4 nitrogen and oxygen atoms in total. The van der Waals surface area contributed by atoms with E-state index in [0.29, 0.717) is 11.9 Å². The number of hydrogen-bond acceptors (Lipinski definition) is 3. The SMILES string of the molecule is CCOc1cccc(-n2c(Cl)nnc2C(C)C)c1. The van der Waals surface area contributed by atoms with Gasteiger partial charge >= 0.3 is 0 Å². The molecule has 1 aromatic carbocycles. The Balaban J connectivity index is 2.47. The molecule has 0 N–H and O–H groups in total. The Bertz CT molecular complexity index is 537. The van der Waals surface area contributed by atoms with Crippen LogP contribution in [0, 0.1) is 0 Å².